The lowest BCUT2D eigenvalue weighted by Gasteiger charge is -2.09. The maximum absolute atomic E-state index is 13.3. The van der Waals surface area contributed by atoms with Crippen LogP contribution in [0.3, 0.4) is 0 Å². The maximum Gasteiger partial charge on any atom is 0.244 e. The number of hydrogen-bond acceptors (Lipinski definition) is 7. The summed E-state index contributed by atoms with van der Waals surface area (Å²) in [6, 6.07) is 9.29. The van der Waals surface area contributed by atoms with Crippen LogP contribution in [-0.4, -0.2) is 46.6 Å². The molecule has 0 unspecified atom stereocenters. The van der Waals surface area contributed by atoms with Crippen LogP contribution in [0.5, 0.6) is 11.5 Å². The van der Waals surface area contributed by atoms with Crippen LogP contribution in [0.25, 0.3) is 6.08 Å². The number of nitrogens with zero attached hydrogens (tertiary/aromatic N) is 3. The number of carbonyl (C=O) groups is 2. The summed E-state index contributed by atoms with van der Waals surface area (Å²) in [4.78, 5) is 24.6. The van der Waals surface area contributed by atoms with E-state index in [-0.39, 0.29) is 29.1 Å². The Kier molecular flexibility index (Phi) is 9.71. The molecule has 12 heteroatoms. The van der Waals surface area contributed by atoms with E-state index in [1.807, 2.05) is 17.6 Å². The number of halogens is 2. The van der Waals surface area contributed by atoms with Gasteiger partial charge in [-0.05, 0) is 48.9 Å². The smallest absolute Gasteiger partial charge is 0.244 e. The van der Waals surface area contributed by atoms with Gasteiger partial charge in [0.15, 0.2) is 22.5 Å². The Labute approximate surface area is 217 Å². The normalized spacial score (nSPS) is 10.9. The number of anilines is 1. The van der Waals surface area contributed by atoms with Gasteiger partial charge in [-0.2, -0.15) is 0 Å². The van der Waals surface area contributed by atoms with Crippen molar-refractivity contribution < 1.29 is 23.5 Å². The highest BCUT2D eigenvalue weighted by Gasteiger charge is 2.14. The quantitative estimate of drug-likeness (QED) is 0.281. The zero-order valence-electron chi connectivity index (χ0n) is 19.9. The molecule has 9 nitrogen and oxygen atoms in total. The molecule has 2 N–H and O–H groups in total. The summed E-state index contributed by atoms with van der Waals surface area (Å²) < 4.78 is 25.6. The fourth-order valence-electron chi connectivity index (χ4n) is 3.13. The molecule has 0 bridgehead atoms. The highest BCUT2D eigenvalue weighted by Crippen LogP contribution is 2.28. The van der Waals surface area contributed by atoms with E-state index in [0.29, 0.717) is 34.7 Å². The van der Waals surface area contributed by atoms with E-state index < -0.39 is 5.82 Å². The summed E-state index contributed by atoms with van der Waals surface area (Å²) in [6.45, 7) is 2.63. The summed E-state index contributed by atoms with van der Waals surface area (Å²) in [5, 5.41) is 14.2. The highest BCUT2D eigenvalue weighted by molar-refractivity contribution is 7.99. The van der Waals surface area contributed by atoms with Gasteiger partial charge in [0.1, 0.15) is 5.82 Å². The lowest BCUT2D eigenvalue weighted by atomic mass is 10.2. The molecule has 0 aliphatic rings. The van der Waals surface area contributed by atoms with Gasteiger partial charge in [-0.1, -0.05) is 29.4 Å². The molecule has 0 aliphatic heterocycles. The van der Waals surface area contributed by atoms with E-state index in [1.54, 1.807) is 32.4 Å². The largest absolute Gasteiger partial charge is 0.493 e. The fraction of sp³-hybridized carbons (Fsp3) is 0.250. The van der Waals surface area contributed by atoms with Gasteiger partial charge in [0.05, 0.1) is 31.5 Å². The SMILES string of the molecule is CCn1c(CNC(=O)C=Cc2ccc(OC)c(OC)c2)nnc1SCC(=O)Nc1ccc(F)c(Cl)c1. The number of ether oxygens (including phenoxy) is 2. The van der Waals surface area contributed by atoms with Crippen molar-refractivity contribution in [3.05, 3.63) is 64.7 Å². The molecule has 2 aromatic carbocycles. The van der Waals surface area contributed by atoms with Gasteiger partial charge in [-0.3, -0.25) is 9.59 Å². The van der Waals surface area contributed by atoms with Gasteiger partial charge in [0.2, 0.25) is 11.8 Å². The average Bonchev–Trinajstić information content (AvgIpc) is 3.28. The Morgan fingerprint density at radius 1 is 1.14 bits per heavy atom. The summed E-state index contributed by atoms with van der Waals surface area (Å²) in [5.74, 6) is 0.619. The lowest BCUT2D eigenvalue weighted by molar-refractivity contribution is -0.116. The predicted octanol–water partition coefficient (Wildman–Crippen LogP) is 4.17. The molecule has 190 valence electrons. The van der Waals surface area contributed by atoms with Gasteiger partial charge in [-0.15, -0.1) is 10.2 Å². The molecule has 0 atom stereocenters. The van der Waals surface area contributed by atoms with Crippen LogP contribution in [0, 0.1) is 5.82 Å². The Hall–Kier alpha value is -3.57. The molecule has 3 rings (SSSR count). The first-order valence-electron chi connectivity index (χ1n) is 10.8. The number of rotatable bonds is 11. The Morgan fingerprint density at radius 2 is 1.92 bits per heavy atom. The standard InChI is InChI=1S/C24H25ClFN5O4S/c1-4-31-21(13-27-22(32)10-6-15-5-9-19(34-2)20(11-15)35-3)29-30-24(31)36-14-23(33)28-16-7-8-18(26)17(25)12-16/h5-12H,4,13-14H2,1-3H3,(H,27,32)(H,28,33). The van der Waals surface area contributed by atoms with Crippen molar-refractivity contribution in [1.29, 1.82) is 0 Å². The van der Waals surface area contributed by atoms with Gasteiger partial charge < -0.3 is 24.7 Å². The second kappa shape index (κ2) is 12.9. The summed E-state index contributed by atoms with van der Waals surface area (Å²) in [5.41, 5.74) is 1.17. The van der Waals surface area contributed by atoms with E-state index >= 15 is 0 Å². The topological polar surface area (TPSA) is 107 Å². The van der Waals surface area contributed by atoms with Crippen molar-refractivity contribution in [1.82, 2.24) is 20.1 Å². The maximum atomic E-state index is 13.3. The van der Waals surface area contributed by atoms with Gasteiger partial charge in [-0.25, -0.2) is 4.39 Å². The molecule has 0 saturated carbocycles. The van der Waals surface area contributed by atoms with Gasteiger partial charge >= 0.3 is 0 Å². The molecular weight excluding hydrogens is 509 g/mol. The molecule has 0 spiro atoms. The van der Waals surface area contributed by atoms with Crippen LogP contribution in [0.15, 0.2) is 47.6 Å². The Morgan fingerprint density at radius 3 is 2.61 bits per heavy atom. The zero-order chi connectivity index (χ0) is 26.1. The Bertz CT molecular complexity index is 1270. The molecule has 1 heterocycles. The van der Waals surface area contributed by atoms with Crippen molar-refractivity contribution in [3.8, 4) is 11.5 Å². The van der Waals surface area contributed by atoms with Crippen LogP contribution < -0.4 is 20.1 Å². The van der Waals surface area contributed by atoms with E-state index in [2.05, 4.69) is 20.8 Å². The number of nitrogens with one attached hydrogen (secondary N) is 2. The van der Waals surface area contributed by atoms with Crippen LogP contribution in [-0.2, 0) is 22.7 Å². The number of carbonyl (C=O) groups excluding carboxylic acids is 2. The fourth-order valence-corrected chi connectivity index (χ4v) is 4.13. The highest BCUT2D eigenvalue weighted by atomic mass is 35.5. The number of aromatic nitrogens is 3. The minimum absolute atomic E-state index is 0.0630. The second-order valence-electron chi connectivity index (χ2n) is 7.27. The van der Waals surface area contributed by atoms with Crippen LogP contribution >= 0.6 is 23.4 Å². The van der Waals surface area contributed by atoms with E-state index in [4.69, 9.17) is 21.1 Å². The summed E-state index contributed by atoms with van der Waals surface area (Å²) in [6.07, 6.45) is 3.08. The third kappa shape index (κ3) is 7.22. The third-order valence-electron chi connectivity index (χ3n) is 4.90. The van der Waals surface area contributed by atoms with Crippen LogP contribution in [0.4, 0.5) is 10.1 Å². The first-order chi connectivity index (χ1) is 17.3. The lowest BCUT2D eigenvalue weighted by Crippen LogP contribution is -2.22. The van der Waals surface area contributed by atoms with Crippen molar-refractivity contribution in [3.63, 3.8) is 0 Å². The predicted molar refractivity (Wildman–Crippen MR) is 137 cm³/mol. The monoisotopic (exact) mass is 533 g/mol. The summed E-state index contributed by atoms with van der Waals surface area (Å²) in [7, 11) is 3.10. The summed E-state index contributed by atoms with van der Waals surface area (Å²) >= 11 is 6.94. The van der Waals surface area contributed by atoms with Crippen LogP contribution in [0.2, 0.25) is 5.02 Å². The minimum atomic E-state index is -0.559. The first-order valence-corrected chi connectivity index (χ1v) is 12.2. The van der Waals surface area contributed by atoms with Crippen molar-refractivity contribution in [2.24, 2.45) is 0 Å². The number of amides is 2. The molecule has 0 fully saturated rings. The van der Waals surface area contributed by atoms with Gasteiger partial charge in [0.25, 0.3) is 0 Å². The van der Waals surface area contributed by atoms with Crippen molar-refractivity contribution in [2.75, 3.05) is 25.3 Å². The van der Waals surface area contributed by atoms with Crippen molar-refractivity contribution >= 4 is 46.9 Å². The first kappa shape index (κ1) is 27.0. The molecule has 2 amide bonds. The number of methoxy groups -OCH3 is 2. The number of benzene rings is 2. The molecule has 36 heavy (non-hydrogen) atoms. The molecule has 0 radical (unpaired) electrons. The van der Waals surface area contributed by atoms with Crippen molar-refractivity contribution in [2.45, 2.75) is 25.2 Å². The molecule has 3 aromatic rings. The number of thioether (sulfide) groups is 1. The third-order valence-corrected chi connectivity index (χ3v) is 6.16. The Balaban J connectivity index is 1.54. The van der Waals surface area contributed by atoms with Gasteiger partial charge in [0, 0.05) is 18.3 Å². The zero-order valence-corrected chi connectivity index (χ0v) is 21.5. The average molecular weight is 534 g/mol. The molecule has 0 aliphatic carbocycles. The molecule has 1 aromatic heterocycles. The van der Waals surface area contributed by atoms with E-state index in [0.717, 1.165) is 5.56 Å². The minimum Gasteiger partial charge on any atom is -0.493 e. The number of hydrogen-bond donors (Lipinski definition) is 2. The second-order valence-corrected chi connectivity index (χ2v) is 8.62. The van der Waals surface area contributed by atoms with E-state index in [9.17, 15) is 14.0 Å². The van der Waals surface area contributed by atoms with Crippen LogP contribution in [0.1, 0.15) is 18.3 Å². The van der Waals surface area contributed by atoms with E-state index in [1.165, 1.54) is 36.0 Å². The molecule has 0 saturated heterocycles. The molecular formula is C24H25ClFN5O4S.